The first-order chi connectivity index (χ1) is 12.3. The van der Waals surface area contributed by atoms with E-state index < -0.39 is 0 Å². The van der Waals surface area contributed by atoms with E-state index in [4.69, 9.17) is 27.9 Å². The lowest BCUT2D eigenvalue weighted by atomic mass is 10.1. The molecule has 1 N–H and O–H groups in total. The molecule has 0 spiro atoms. The average Bonchev–Trinajstić information content (AvgIpc) is 2.62. The van der Waals surface area contributed by atoms with E-state index in [1.807, 2.05) is 19.1 Å². The molecule has 0 aliphatic rings. The molecule has 0 bridgehead atoms. The van der Waals surface area contributed by atoms with Gasteiger partial charge in [-0.3, -0.25) is 9.59 Å². The Kier molecular flexibility index (Phi) is 6.73. The summed E-state index contributed by atoms with van der Waals surface area (Å²) in [6.07, 6.45) is 1.48. The van der Waals surface area contributed by atoms with Crippen molar-refractivity contribution in [2.45, 2.75) is 26.7 Å². The third-order valence-corrected chi connectivity index (χ3v) is 5.23. The molecule has 140 valence electrons. The van der Waals surface area contributed by atoms with Crippen molar-refractivity contribution in [2.24, 2.45) is 7.05 Å². The van der Waals surface area contributed by atoms with Crippen LogP contribution in [-0.2, 0) is 13.5 Å². The van der Waals surface area contributed by atoms with Crippen LogP contribution in [0.15, 0.2) is 23.0 Å². The van der Waals surface area contributed by atoms with E-state index in [0.29, 0.717) is 22.2 Å². The van der Waals surface area contributed by atoms with Gasteiger partial charge in [0.15, 0.2) is 5.75 Å². The van der Waals surface area contributed by atoms with Crippen LogP contribution < -0.4 is 15.6 Å². The maximum Gasteiger partial charge on any atom is 0.293 e. The Morgan fingerprint density at radius 3 is 2.54 bits per heavy atom. The molecule has 2 rings (SSSR count). The van der Waals surface area contributed by atoms with Crippen LogP contribution in [0.5, 0.6) is 5.75 Å². The van der Waals surface area contributed by atoms with Crippen LogP contribution in [0.2, 0.25) is 10.0 Å². The van der Waals surface area contributed by atoms with Gasteiger partial charge in [0, 0.05) is 19.3 Å². The van der Waals surface area contributed by atoms with E-state index in [0.717, 1.165) is 29.7 Å². The standard InChI is InChI=1S/C19H22Cl2N2O3/c1-11-12(2)23(3)19(25)17(26-4)16(11)18(24)22-9-5-6-13-7-8-14(20)15(21)10-13/h7-8,10H,5-6,9H2,1-4H3,(H,22,24). The number of pyridine rings is 1. The molecule has 1 aromatic heterocycles. The van der Waals surface area contributed by atoms with E-state index in [2.05, 4.69) is 5.32 Å². The summed E-state index contributed by atoms with van der Waals surface area (Å²) < 4.78 is 6.67. The second-order valence-corrected chi connectivity index (χ2v) is 6.91. The van der Waals surface area contributed by atoms with Crippen LogP contribution in [-0.4, -0.2) is 24.1 Å². The molecule has 0 saturated heterocycles. The van der Waals surface area contributed by atoms with Gasteiger partial charge in [0.05, 0.1) is 22.7 Å². The molecule has 7 heteroatoms. The van der Waals surface area contributed by atoms with Gasteiger partial charge in [-0.1, -0.05) is 29.3 Å². The summed E-state index contributed by atoms with van der Waals surface area (Å²) >= 11 is 11.9. The third kappa shape index (κ3) is 4.22. The molecule has 0 saturated carbocycles. The van der Waals surface area contributed by atoms with Crippen LogP contribution in [0.25, 0.3) is 0 Å². The number of hydrogen-bond acceptors (Lipinski definition) is 3. The van der Waals surface area contributed by atoms with Crippen LogP contribution in [0.4, 0.5) is 0 Å². The summed E-state index contributed by atoms with van der Waals surface area (Å²) in [6.45, 7) is 4.08. The predicted molar refractivity (Wildman–Crippen MR) is 105 cm³/mol. The van der Waals surface area contributed by atoms with Gasteiger partial charge in [-0.15, -0.1) is 0 Å². The Bertz CT molecular complexity index is 891. The molecule has 0 unspecified atom stereocenters. The number of hydrogen-bond donors (Lipinski definition) is 1. The van der Waals surface area contributed by atoms with Gasteiger partial charge in [0.25, 0.3) is 11.5 Å². The number of nitrogens with one attached hydrogen (secondary N) is 1. The summed E-state index contributed by atoms with van der Waals surface area (Å²) in [5.41, 5.74) is 2.48. The van der Waals surface area contributed by atoms with Crippen molar-refractivity contribution in [1.29, 1.82) is 0 Å². The maximum absolute atomic E-state index is 12.6. The second-order valence-electron chi connectivity index (χ2n) is 6.09. The minimum Gasteiger partial charge on any atom is -0.490 e. The van der Waals surface area contributed by atoms with Gasteiger partial charge < -0.3 is 14.6 Å². The molecule has 5 nitrogen and oxygen atoms in total. The lowest BCUT2D eigenvalue weighted by Gasteiger charge is -2.16. The minimum absolute atomic E-state index is 0.0672. The largest absolute Gasteiger partial charge is 0.490 e. The summed E-state index contributed by atoms with van der Waals surface area (Å²) in [6, 6.07) is 5.49. The number of benzene rings is 1. The smallest absolute Gasteiger partial charge is 0.293 e. The zero-order valence-electron chi connectivity index (χ0n) is 15.3. The number of aromatic nitrogens is 1. The number of halogens is 2. The summed E-state index contributed by atoms with van der Waals surface area (Å²) in [4.78, 5) is 24.9. The molecule has 2 aromatic rings. The quantitative estimate of drug-likeness (QED) is 0.757. The van der Waals surface area contributed by atoms with Gasteiger partial charge >= 0.3 is 0 Å². The Hall–Kier alpha value is -1.98. The Balaban J connectivity index is 2.06. The fraction of sp³-hybridized carbons (Fsp3) is 0.368. The Morgan fingerprint density at radius 1 is 1.23 bits per heavy atom. The SMILES string of the molecule is COc1c(C(=O)NCCCc2ccc(Cl)c(Cl)c2)c(C)c(C)n(C)c1=O. The number of rotatable bonds is 6. The topological polar surface area (TPSA) is 60.3 Å². The number of amides is 1. The van der Waals surface area contributed by atoms with Crippen LogP contribution in [0, 0.1) is 13.8 Å². The van der Waals surface area contributed by atoms with Crippen molar-refractivity contribution in [3.8, 4) is 5.75 Å². The van der Waals surface area contributed by atoms with Crippen molar-refractivity contribution >= 4 is 29.1 Å². The molecule has 0 aliphatic heterocycles. The number of ether oxygens (including phenoxy) is 1. The lowest BCUT2D eigenvalue weighted by Crippen LogP contribution is -2.31. The molecular weight excluding hydrogens is 375 g/mol. The predicted octanol–water partition coefficient (Wildman–Crippen LogP) is 3.68. The maximum atomic E-state index is 12.6. The third-order valence-electron chi connectivity index (χ3n) is 4.49. The first-order valence-corrected chi connectivity index (χ1v) is 8.99. The number of nitrogens with zero attached hydrogens (tertiary/aromatic N) is 1. The second kappa shape index (κ2) is 8.60. The molecule has 0 fully saturated rings. The first kappa shape index (κ1) is 20.3. The zero-order chi connectivity index (χ0) is 19.4. The van der Waals surface area contributed by atoms with Crippen molar-refractivity contribution in [3.05, 3.63) is 61.0 Å². The summed E-state index contributed by atoms with van der Waals surface area (Å²) in [5, 5.41) is 3.90. The molecule has 0 atom stereocenters. The van der Waals surface area contributed by atoms with Gasteiger partial charge in [0.1, 0.15) is 0 Å². The highest BCUT2D eigenvalue weighted by Gasteiger charge is 2.21. The van der Waals surface area contributed by atoms with E-state index in [-0.39, 0.29) is 17.2 Å². The molecule has 26 heavy (non-hydrogen) atoms. The normalized spacial score (nSPS) is 10.7. The van der Waals surface area contributed by atoms with Gasteiger partial charge in [-0.05, 0) is 49.9 Å². The highest BCUT2D eigenvalue weighted by molar-refractivity contribution is 6.42. The number of carbonyl (C=O) groups is 1. The van der Waals surface area contributed by atoms with Gasteiger partial charge in [-0.2, -0.15) is 0 Å². The first-order valence-electron chi connectivity index (χ1n) is 8.24. The van der Waals surface area contributed by atoms with Crippen molar-refractivity contribution in [2.75, 3.05) is 13.7 Å². The molecule has 0 aliphatic carbocycles. The fourth-order valence-electron chi connectivity index (χ4n) is 2.76. The number of methoxy groups -OCH3 is 1. The fourth-order valence-corrected chi connectivity index (χ4v) is 3.08. The van der Waals surface area contributed by atoms with E-state index in [1.165, 1.54) is 11.7 Å². The van der Waals surface area contributed by atoms with Crippen molar-refractivity contribution in [3.63, 3.8) is 0 Å². The van der Waals surface area contributed by atoms with E-state index >= 15 is 0 Å². The lowest BCUT2D eigenvalue weighted by molar-refractivity contribution is 0.0949. The molecule has 0 radical (unpaired) electrons. The molecule has 1 aromatic carbocycles. The Morgan fingerprint density at radius 2 is 1.92 bits per heavy atom. The molecule has 1 amide bonds. The molecule has 1 heterocycles. The summed E-state index contributed by atoms with van der Waals surface area (Å²) in [7, 11) is 3.05. The summed E-state index contributed by atoms with van der Waals surface area (Å²) in [5.74, 6) is -0.244. The Labute approximate surface area is 162 Å². The van der Waals surface area contributed by atoms with E-state index in [1.54, 1.807) is 20.0 Å². The zero-order valence-corrected chi connectivity index (χ0v) is 16.8. The monoisotopic (exact) mass is 396 g/mol. The van der Waals surface area contributed by atoms with Crippen molar-refractivity contribution < 1.29 is 9.53 Å². The van der Waals surface area contributed by atoms with Crippen molar-refractivity contribution in [1.82, 2.24) is 9.88 Å². The van der Waals surface area contributed by atoms with Crippen LogP contribution >= 0.6 is 23.2 Å². The number of carbonyl (C=O) groups excluding carboxylic acids is 1. The highest BCUT2D eigenvalue weighted by Crippen LogP contribution is 2.23. The van der Waals surface area contributed by atoms with Gasteiger partial charge in [-0.25, -0.2) is 0 Å². The molecular formula is C19H22Cl2N2O3. The number of aryl methyl sites for hydroxylation is 1. The minimum atomic E-state index is -0.323. The van der Waals surface area contributed by atoms with Gasteiger partial charge in [0.2, 0.25) is 0 Å². The highest BCUT2D eigenvalue weighted by atomic mass is 35.5. The van der Waals surface area contributed by atoms with Crippen LogP contribution in [0.3, 0.4) is 0 Å². The average molecular weight is 397 g/mol. The van der Waals surface area contributed by atoms with Crippen LogP contribution in [0.1, 0.15) is 33.6 Å². The van der Waals surface area contributed by atoms with E-state index in [9.17, 15) is 9.59 Å².